The van der Waals surface area contributed by atoms with Crippen LogP contribution in [0.1, 0.15) is 39.7 Å². The Morgan fingerprint density at radius 1 is 0.824 bits per heavy atom. The monoisotopic (exact) mass is 492 g/mol. The first kappa shape index (κ1) is 21.2. The highest BCUT2D eigenvalue weighted by Gasteiger charge is 2.62. The normalized spacial score (nSPS) is 23.9. The van der Waals surface area contributed by atoms with Crippen LogP contribution in [0.15, 0.2) is 66.7 Å². The second-order valence-electron chi connectivity index (χ2n) is 8.70. The van der Waals surface area contributed by atoms with E-state index >= 15 is 0 Å². The molecule has 0 aromatic heterocycles. The van der Waals surface area contributed by atoms with E-state index in [1.54, 1.807) is 18.2 Å². The van der Waals surface area contributed by atoms with Crippen molar-refractivity contribution in [2.24, 2.45) is 11.8 Å². The molecule has 2 bridgehead atoms. The predicted octanol–water partition coefficient (Wildman–Crippen LogP) is 5.03. The van der Waals surface area contributed by atoms with Gasteiger partial charge in [-0.3, -0.25) is 9.59 Å². The third kappa shape index (κ3) is 3.06. The number of halogens is 2. The minimum absolute atomic E-state index is 0.132. The zero-order chi connectivity index (χ0) is 23.6. The molecule has 0 spiro atoms. The molecular weight excluding hydrogens is 475 g/mol. The zero-order valence-electron chi connectivity index (χ0n) is 17.7. The molecule has 3 aromatic carbocycles. The van der Waals surface area contributed by atoms with Gasteiger partial charge >= 0.3 is 6.09 Å². The molecule has 0 saturated carbocycles. The third-order valence-electron chi connectivity index (χ3n) is 7.03. The number of hydrazine groups is 1. The van der Waals surface area contributed by atoms with Gasteiger partial charge in [0.1, 0.15) is 6.61 Å². The molecule has 6 nitrogen and oxygen atoms in total. The van der Waals surface area contributed by atoms with Crippen molar-refractivity contribution in [3.05, 3.63) is 105 Å². The summed E-state index contributed by atoms with van der Waals surface area (Å²) in [6.45, 7) is -0.132. The van der Waals surface area contributed by atoms with Crippen molar-refractivity contribution < 1.29 is 19.1 Å². The number of carbonyl (C=O) groups is 3. The molecule has 8 heteroatoms. The summed E-state index contributed by atoms with van der Waals surface area (Å²) >= 11 is 12.0. The topological polar surface area (TPSA) is 75.7 Å². The van der Waals surface area contributed by atoms with Crippen LogP contribution in [0.2, 0.25) is 10.0 Å². The Bertz CT molecular complexity index is 1260. The van der Waals surface area contributed by atoms with Crippen LogP contribution in [-0.2, 0) is 20.9 Å². The van der Waals surface area contributed by atoms with E-state index in [2.05, 4.69) is 5.43 Å². The summed E-state index contributed by atoms with van der Waals surface area (Å²) in [7, 11) is 0. The Kier molecular flexibility index (Phi) is 4.90. The van der Waals surface area contributed by atoms with E-state index in [1.165, 1.54) is 0 Å². The lowest BCUT2D eigenvalue weighted by Gasteiger charge is -2.45. The number of nitrogens with zero attached hydrogens (tertiary/aromatic N) is 1. The second kappa shape index (κ2) is 7.86. The van der Waals surface area contributed by atoms with Crippen LogP contribution >= 0.6 is 23.2 Å². The fourth-order valence-electron chi connectivity index (χ4n) is 5.69. The number of amides is 3. The molecule has 34 heavy (non-hydrogen) atoms. The van der Waals surface area contributed by atoms with E-state index in [9.17, 15) is 14.4 Å². The molecule has 1 saturated heterocycles. The lowest BCUT2D eigenvalue weighted by molar-refractivity contribution is -0.143. The standard InChI is InChI=1S/C26H18Cl2N2O4/c27-14-10-9-13(19(28)11-14)12-34-26(33)29-30-24(31)22-20-15-5-1-2-6-16(15)21(23(22)25(30)32)18-8-4-3-7-17(18)20/h1-11,20-23H,12H2,(H,29,33)/t20?,21?,22-,23+. The molecule has 1 aliphatic heterocycles. The van der Waals surface area contributed by atoms with Gasteiger partial charge in [0.15, 0.2) is 0 Å². The minimum atomic E-state index is -0.909. The van der Waals surface area contributed by atoms with Crippen LogP contribution in [0.25, 0.3) is 0 Å². The highest BCUT2D eigenvalue weighted by Crippen LogP contribution is 2.60. The Hall–Kier alpha value is -3.35. The van der Waals surface area contributed by atoms with Crippen LogP contribution in [-0.4, -0.2) is 22.9 Å². The van der Waals surface area contributed by atoms with Crippen molar-refractivity contribution in [1.82, 2.24) is 10.4 Å². The van der Waals surface area contributed by atoms with Crippen molar-refractivity contribution in [2.45, 2.75) is 18.4 Å². The van der Waals surface area contributed by atoms with Crippen LogP contribution < -0.4 is 5.43 Å². The SMILES string of the molecule is O=C(NN1C(=O)[C@@H]2C3c4ccccc4C(c4ccccc43)[C@@H]2C1=O)OCc1ccc(Cl)cc1Cl. The van der Waals surface area contributed by atoms with Crippen molar-refractivity contribution in [3.8, 4) is 0 Å². The quantitative estimate of drug-likeness (QED) is 0.520. The maximum atomic E-state index is 13.5. The molecule has 2 atom stereocenters. The van der Waals surface area contributed by atoms with Gasteiger partial charge in [0, 0.05) is 27.4 Å². The van der Waals surface area contributed by atoms with Gasteiger partial charge in [-0.15, -0.1) is 0 Å². The molecule has 0 unspecified atom stereocenters. The molecule has 170 valence electrons. The van der Waals surface area contributed by atoms with E-state index in [1.807, 2.05) is 48.5 Å². The fourth-order valence-corrected chi connectivity index (χ4v) is 6.16. The molecule has 4 aliphatic rings. The second-order valence-corrected chi connectivity index (χ2v) is 9.54. The first-order chi connectivity index (χ1) is 16.5. The van der Waals surface area contributed by atoms with Gasteiger partial charge in [0.2, 0.25) is 0 Å². The maximum Gasteiger partial charge on any atom is 0.426 e. The van der Waals surface area contributed by atoms with Crippen LogP contribution in [0.5, 0.6) is 0 Å². The minimum Gasteiger partial charge on any atom is -0.443 e. The summed E-state index contributed by atoms with van der Waals surface area (Å²) in [5, 5.41) is 1.65. The van der Waals surface area contributed by atoms with E-state index < -0.39 is 29.7 Å². The van der Waals surface area contributed by atoms with Gasteiger partial charge in [-0.25, -0.2) is 10.2 Å². The first-order valence-corrected chi connectivity index (χ1v) is 11.6. The number of imide groups is 1. The summed E-state index contributed by atoms with van der Waals surface area (Å²) in [5.41, 5.74) is 7.18. The number of hydrogen-bond acceptors (Lipinski definition) is 4. The molecule has 3 aromatic rings. The van der Waals surface area contributed by atoms with Gasteiger partial charge in [0.25, 0.3) is 11.8 Å². The number of hydrogen-bond donors (Lipinski definition) is 1. The van der Waals surface area contributed by atoms with Crippen LogP contribution in [0.4, 0.5) is 4.79 Å². The first-order valence-electron chi connectivity index (χ1n) is 10.9. The molecule has 3 amide bonds. The number of rotatable bonds is 3. The number of benzene rings is 3. The average Bonchev–Trinajstić information content (AvgIpc) is 3.09. The molecule has 0 radical (unpaired) electrons. The van der Waals surface area contributed by atoms with Gasteiger partial charge in [-0.2, -0.15) is 5.01 Å². The van der Waals surface area contributed by atoms with E-state index in [0.717, 1.165) is 27.3 Å². The summed E-state index contributed by atoms with van der Waals surface area (Å²) in [4.78, 5) is 39.4. The van der Waals surface area contributed by atoms with E-state index in [0.29, 0.717) is 15.6 Å². The van der Waals surface area contributed by atoms with Crippen LogP contribution in [0, 0.1) is 11.8 Å². The molecule has 1 heterocycles. The predicted molar refractivity (Wildman–Crippen MR) is 125 cm³/mol. The third-order valence-corrected chi connectivity index (χ3v) is 7.61. The Morgan fingerprint density at radius 2 is 1.32 bits per heavy atom. The molecule has 3 aliphatic carbocycles. The van der Waals surface area contributed by atoms with Crippen molar-refractivity contribution in [1.29, 1.82) is 0 Å². The van der Waals surface area contributed by atoms with Crippen LogP contribution in [0.3, 0.4) is 0 Å². The summed E-state index contributed by atoms with van der Waals surface area (Å²) < 4.78 is 5.23. The average molecular weight is 493 g/mol. The molecular formula is C26H18Cl2N2O4. The van der Waals surface area contributed by atoms with Crippen molar-refractivity contribution in [2.75, 3.05) is 0 Å². The summed E-state index contributed by atoms with van der Waals surface area (Å²) in [5.74, 6) is -2.48. The summed E-state index contributed by atoms with van der Waals surface area (Å²) in [6, 6.07) is 20.7. The zero-order valence-corrected chi connectivity index (χ0v) is 19.2. The van der Waals surface area contributed by atoms with E-state index in [-0.39, 0.29) is 18.4 Å². The lowest BCUT2D eigenvalue weighted by atomic mass is 9.55. The number of carbonyl (C=O) groups excluding carboxylic acids is 3. The van der Waals surface area contributed by atoms with E-state index in [4.69, 9.17) is 27.9 Å². The lowest BCUT2D eigenvalue weighted by Crippen LogP contribution is -2.47. The smallest absolute Gasteiger partial charge is 0.426 e. The highest BCUT2D eigenvalue weighted by molar-refractivity contribution is 6.35. The Morgan fingerprint density at radius 3 is 1.79 bits per heavy atom. The van der Waals surface area contributed by atoms with Crippen molar-refractivity contribution >= 4 is 41.1 Å². The molecule has 1 fully saturated rings. The van der Waals surface area contributed by atoms with Gasteiger partial charge in [-0.05, 0) is 34.4 Å². The summed E-state index contributed by atoms with van der Waals surface area (Å²) in [6.07, 6.45) is -0.909. The highest BCUT2D eigenvalue weighted by atomic mass is 35.5. The van der Waals surface area contributed by atoms with Gasteiger partial charge in [-0.1, -0.05) is 77.8 Å². The fraction of sp³-hybridized carbons (Fsp3) is 0.192. The molecule has 1 N–H and O–H groups in total. The van der Waals surface area contributed by atoms with Gasteiger partial charge < -0.3 is 4.74 Å². The number of ether oxygens (including phenoxy) is 1. The van der Waals surface area contributed by atoms with Crippen molar-refractivity contribution in [3.63, 3.8) is 0 Å². The van der Waals surface area contributed by atoms with Gasteiger partial charge in [0.05, 0.1) is 11.8 Å². The maximum absolute atomic E-state index is 13.5. The largest absolute Gasteiger partial charge is 0.443 e. The Balaban J connectivity index is 1.27. The Labute approximate surface area is 205 Å². The molecule has 7 rings (SSSR count). The number of nitrogens with one attached hydrogen (secondary N) is 1.